The molecule has 2 heterocycles. The second-order valence-corrected chi connectivity index (χ2v) is 9.98. The Hall–Kier alpha value is -2.64. The van der Waals surface area contributed by atoms with Crippen LogP contribution >= 0.6 is 11.3 Å². The number of fused-ring (bicyclic) bond motifs is 1. The summed E-state index contributed by atoms with van der Waals surface area (Å²) >= 11 is 1.24. The fourth-order valence-corrected chi connectivity index (χ4v) is 5.66. The average molecular weight is 413 g/mol. The summed E-state index contributed by atoms with van der Waals surface area (Å²) in [5, 5.41) is 0. The highest BCUT2D eigenvalue weighted by Gasteiger charge is 2.25. The molecule has 2 aromatic carbocycles. The molecule has 0 fully saturated rings. The Morgan fingerprint density at radius 2 is 1.82 bits per heavy atom. The highest BCUT2D eigenvalue weighted by atomic mass is 32.2. The lowest BCUT2D eigenvalue weighted by molar-refractivity contribution is -0.119. The SMILES string of the molecule is Cc1ccc(S(=O)(=O)Nc2ccc3c(c2)CCC(=O)N3Cc2ccccc2)s1. The van der Waals surface area contributed by atoms with Crippen molar-refractivity contribution in [3.05, 3.63) is 76.7 Å². The van der Waals surface area contributed by atoms with E-state index in [2.05, 4.69) is 4.72 Å². The monoisotopic (exact) mass is 412 g/mol. The van der Waals surface area contributed by atoms with Crippen molar-refractivity contribution in [1.29, 1.82) is 0 Å². The van der Waals surface area contributed by atoms with E-state index in [4.69, 9.17) is 0 Å². The number of carbonyl (C=O) groups excluding carboxylic acids is 1. The molecule has 28 heavy (non-hydrogen) atoms. The summed E-state index contributed by atoms with van der Waals surface area (Å²) in [6.07, 6.45) is 1.02. The predicted octanol–water partition coefficient (Wildman–Crippen LogP) is 4.34. The molecule has 7 heteroatoms. The number of nitrogens with one attached hydrogen (secondary N) is 1. The Kier molecular flexibility index (Phi) is 4.95. The number of nitrogens with zero attached hydrogens (tertiary/aromatic N) is 1. The maximum absolute atomic E-state index is 12.6. The molecule has 0 aliphatic carbocycles. The van der Waals surface area contributed by atoms with Crippen molar-refractivity contribution in [2.75, 3.05) is 9.62 Å². The molecule has 0 saturated carbocycles. The van der Waals surface area contributed by atoms with E-state index in [1.165, 1.54) is 11.3 Å². The summed E-state index contributed by atoms with van der Waals surface area (Å²) in [5.41, 5.74) is 3.38. The van der Waals surface area contributed by atoms with Crippen molar-refractivity contribution in [2.45, 2.75) is 30.5 Å². The number of rotatable bonds is 5. The van der Waals surface area contributed by atoms with E-state index in [-0.39, 0.29) is 5.91 Å². The predicted molar refractivity (Wildman–Crippen MR) is 112 cm³/mol. The van der Waals surface area contributed by atoms with E-state index >= 15 is 0 Å². The fourth-order valence-electron chi connectivity index (χ4n) is 3.32. The van der Waals surface area contributed by atoms with Crippen molar-refractivity contribution < 1.29 is 13.2 Å². The number of anilines is 2. The average Bonchev–Trinajstić information content (AvgIpc) is 3.12. The highest BCUT2D eigenvalue weighted by molar-refractivity contribution is 7.94. The van der Waals surface area contributed by atoms with Crippen molar-refractivity contribution in [3.63, 3.8) is 0 Å². The minimum Gasteiger partial charge on any atom is -0.308 e. The van der Waals surface area contributed by atoms with E-state index in [1.807, 2.05) is 49.4 Å². The lowest BCUT2D eigenvalue weighted by Crippen LogP contribution is -2.34. The van der Waals surface area contributed by atoms with Gasteiger partial charge in [0.15, 0.2) is 0 Å². The van der Waals surface area contributed by atoms with Crippen LogP contribution in [-0.2, 0) is 27.8 Å². The molecule has 0 radical (unpaired) electrons. The summed E-state index contributed by atoms with van der Waals surface area (Å²) < 4.78 is 28.1. The number of hydrogen-bond donors (Lipinski definition) is 1. The Bertz CT molecular complexity index is 1120. The largest absolute Gasteiger partial charge is 0.308 e. The third kappa shape index (κ3) is 3.81. The minimum atomic E-state index is -3.60. The number of benzene rings is 2. The summed E-state index contributed by atoms with van der Waals surface area (Å²) in [6, 6.07) is 18.6. The molecule has 144 valence electrons. The molecule has 3 aromatic rings. The molecule has 0 bridgehead atoms. The summed E-state index contributed by atoms with van der Waals surface area (Å²) in [7, 11) is -3.60. The lowest BCUT2D eigenvalue weighted by Gasteiger charge is -2.30. The van der Waals surface area contributed by atoms with Crippen LogP contribution in [0.15, 0.2) is 64.9 Å². The van der Waals surface area contributed by atoms with Gasteiger partial charge in [-0.15, -0.1) is 11.3 Å². The molecule has 0 saturated heterocycles. The van der Waals surface area contributed by atoms with Gasteiger partial charge in [0.2, 0.25) is 5.91 Å². The minimum absolute atomic E-state index is 0.0822. The first-order valence-electron chi connectivity index (χ1n) is 8.99. The van der Waals surface area contributed by atoms with E-state index in [0.29, 0.717) is 29.3 Å². The number of sulfonamides is 1. The van der Waals surface area contributed by atoms with Gasteiger partial charge in [0.1, 0.15) is 4.21 Å². The first-order valence-corrected chi connectivity index (χ1v) is 11.3. The summed E-state index contributed by atoms with van der Waals surface area (Å²) in [6.45, 7) is 2.38. The second kappa shape index (κ2) is 7.41. The number of carbonyl (C=O) groups is 1. The Morgan fingerprint density at radius 3 is 2.54 bits per heavy atom. The summed E-state index contributed by atoms with van der Waals surface area (Å²) in [5.74, 6) is 0.0822. The normalized spacial score (nSPS) is 14.0. The Morgan fingerprint density at radius 1 is 1.04 bits per heavy atom. The van der Waals surface area contributed by atoms with Crippen LogP contribution in [0.5, 0.6) is 0 Å². The van der Waals surface area contributed by atoms with Gasteiger partial charge in [-0.2, -0.15) is 0 Å². The molecule has 0 atom stereocenters. The topological polar surface area (TPSA) is 66.5 Å². The molecule has 1 aliphatic rings. The van der Waals surface area contributed by atoms with Gasteiger partial charge in [-0.3, -0.25) is 9.52 Å². The van der Waals surface area contributed by atoms with Gasteiger partial charge in [-0.25, -0.2) is 8.42 Å². The maximum Gasteiger partial charge on any atom is 0.271 e. The molecule has 0 spiro atoms. The molecule has 1 aliphatic heterocycles. The number of thiophene rings is 1. The molecule has 4 rings (SSSR count). The van der Waals surface area contributed by atoms with E-state index in [0.717, 1.165) is 21.7 Å². The first-order chi connectivity index (χ1) is 13.4. The van der Waals surface area contributed by atoms with Crippen LogP contribution in [0.2, 0.25) is 0 Å². The molecular formula is C21H20N2O3S2. The van der Waals surface area contributed by atoms with Crippen molar-refractivity contribution in [1.82, 2.24) is 0 Å². The lowest BCUT2D eigenvalue weighted by atomic mass is 10.00. The van der Waals surface area contributed by atoms with E-state index in [1.54, 1.807) is 23.1 Å². The van der Waals surface area contributed by atoms with Crippen LogP contribution in [0, 0.1) is 6.92 Å². The van der Waals surface area contributed by atoms with Crippen molar-refractivity contribution in [3.8, 4) is 0 Å². The third-order valence-corrected chi connectivity index (χ3v) is 7.57. The van der Waals surface area contributed by atoms with Crippen LogP contribution in [-0.4, -0.2) is 14.3 Å². The van der Waals surface area contributed by atoms with E-state index in [9.17, 15) is 13.2 Å². The standard InChI is InChI=1S/C21H20N2O3S2/c1-15-7-12-21(27-15)28(25,26)22-18-9-10-19-17(13-18)8-11-20(24)23(19)14-16-5-3-2-4-6-16/h2-7,9-10,12-13,22H,8,11,14H2,1H3. The fraction of sp³-hybridized carbons (Fsp3) is 0.190. The quantitative estimate of drug-likeness (QED) is 0.678. The van der Waals surface area contributed by atoms with Crippen LogP contribution in [0.3, 0.4) is 0 Å². The van der Waals surface area contributed by atoms with Crippen molar-refractivity contribution in [2.24, 2.45) is 0 Å². The molecule has 1 aromatic heterocycles. The summed E-state index contributed by atoms with van der Waals surface area (Å²) in [4.78, 5) is 15.2. The molecule has 0 unspecified atom stereocenters. The van der Waals surface area contributed by atoms with Gasteiger partial charge < -0.3 is 4.90 Å². The van der Waals surface area contributed by atoms with Crippen LogP contribution in [0.1, 0.15) is 22.4 Å². The van der Waals surface area contributed by atoms with Gasteiger partial charge in [0.25, 0.3) is 10.0 Å². The van der Waals surface area contributed by atoms with Gasteiger partial charge in [0, 0.05) is 22.7 Å². The number of hydrogen-bond acceptors (Lipinski definition) is 4. The van der Waals surface area contributed by atoms with Crippen molar-refractivity contribution >= 4 is 38.6 Å². The number of aryl methyl sites for hydroxylation is 2. The second-order valence-electron chi connectivity index (χ2n) is 6.78. The Labute approximate surface area is 168 Å². The zero-order valence-electron chi connectivity index (χ0n) is 15.4. The van der Waals surface area contributed by atoms with Gasteiger partial charge >= 0.3 is 0 Å². The first kappa shape index (κ1) is 18.7. The molecule has 5 nitrogen and oxygen atoms in total. The number of amides is 1. The highest BCUT2D eigenvalue weighted by Crippen LogP contribution is 2.32. The zero-order valence-corrected chi connectivity index (χ0v) is 17.0. The smallest absolute Gasteiger partial charge is 0.271 e. The van der Waals surface area contributed by atoms with Gasteiger partial charge in [-0.1, -0.05) is 30.3 Å². The van der Waals surface area contributed by atoms with Gasteiger partial charge in [0.05, 0.1) is 6.54 Å². The van der Waals surface area contributed by atoms with Crippen LogP contribution in [0.25, 0.3) is 0 Å². The zero-order chi connectivity index (χ0) is 19.7. The molecular weight excluding hydrogens is 392 g/mol. The maximum atomic E-state index is 12.6. The Balaban J connectivity index is 1.60. The molecule has 1 amide bonds. The molecule has 1 N–H and O–H groups in total. The van der Waals surface area contributed by atoms with E-state index < -0.39 is 10.0 Å². The van der Waals surface area contributed by atoms with Gasteiger partial charge in [-0.05, 0) is 54.8 Å². The third-order valence-electron chi connectivity index (χ3n) is 4.70. The van der Waals surface area contributed by atoms with Crippen LogP contribution < -0.4 is 9.62 Å². The van der Waals surface area contributed by atoms with Crippen LogP contribution in [0.4, 0.5) is 11.4 Å².